The van der Waals surface area contributed by atoms with E-state index < -0.39 is 17.4 Å². The average Bonchev–Trinajstić information content (AvgIpc) is 2.99. The fraction of sp³-hybridized carbons (Fsp3) is 0.500. The molecule has 2 aromatic rings. The number of benzene rings is 1. The third-order valence-corrected chi connectivity index (χ3v) is 4.12. The normalized spacial score (nSPS) is 20.5. The Balaban J connectivity index is 2.13. The van der Waals surface area contributed by atoms with E-state index in [-0.39, 0.29) is 11.6 Å². The third-order valence-electron chi connectivity index (χ3n) is 4.12. The number of likely N-dealkylation sites (N-methyl/N-ethyl adjacent to an activating group) is 1. The highest BCUT2D eigenvalue weighted by Gasteiger charge is 2.34. The molecule has 3 rings (SSSR count). The summed E-state index contributed by atoms with van der Waals surface area (Å²) in [4.78, 5) is 16.7. The van der Waals surface area contributed by atoms with Crippen LogP contribution in [0.2, 0.25) is 0 Å². The smallest absolute Gasteiger partial charge is 0.305 e. The molecule has 1 aliphatic heterocycles. The molecule has 1 N–H and O–H groups in total. The van der Waals surface area contributed by atoms with Crippen LogP contribution in [0.25, 0.3) is 11.0 Å². The van der Waals surface area contributed by atoms with E-state index in [2.05, 4.69) is 9.88 Å². The van der Waals surface area contributed by atoms with Crippen molar-refractivity contribution in [1.82, 2.24) is 14.5 Å². The maximum Gasteiger partial charge on any atom is 0.418 e. The zero-order valence-corrected chi connectivity index (χ0v) is 11.6. The number of rotatable bonds is 2. The fourth-order valence-electron chi connectivity index (χ4n) is 3.06. The number of para-hydroxylation sites is 1. The van der Waals surface area contributed by atoms with Crippen LogP contribution in [-0.4, -0.2) is 34.1 Å². The maximum atomic E-state index is 13.0. The molecule has 114 valence electrons. The first-order valence-electron chi connectivity index (χ1n) is 6.94. The highest BCUT2D eigenvalue weighted by Crippen LogP contribution is 2.34. The largest absolute Gasteiger partial charge is 0.418 e. The Hall–Kier alpha value is -1.76. The highest BCUT2D eigenvalue weighted by atomic mass is 19.4. The summed E-state index contributed by atoms with van der Waals surface area (Å²) >= 11 is 0. The van der Waals surface area contributed by atoms with Gasteiger partial charge in [0.1, 0.15) is 0 Å². The summed E-state index contributed by atoms with van der Waals surface area (Å²) in [6.45, 7) is 4.46. The quantitative estimate of drug-likeness (QED) is 0.926. The Morgan fingerprint density at radius 1 is 1.38 bits per heavy atom. The number of fused-ring (bicyclic) bond motifs is 1. The molecule has 1 unspecified atom stereocenters. The fourth-order valence-corrected chi connectivity index (χ4v) is 3.06. The number of aromatic amines is 1. The van der Waals surface area contributed by atoms with E-state index >= 15 is 0 Å². The summed E-state index contributed by atoms with van der Waals surface area (Å²) in [5, 5.41) is 0. The molecule has 0 amide bonds. The summed E-state index contributed by atoms with van der Waals surface area (Å²) < 4.78 is 40.5. The van der Waals surface area contributed by atoms with E-state index in [0.717, 1.165) is 25.6 Å². The number of likely N-dealkylation sites (tertiary alicyclic amines) is 1. The summed E-state index contributed by atoms with van der Waals surface area (Å²) in [5.41, 5.74) is -1.05. The summed E-state index contributed by atoms with van der Waals surface area (Å²) in [5.74, 6) is 0. The zero-order valence-electron chi connectivity index (χ0n) is 11.6. The van der Waals surface area contributed by atoms with E-state index in [1.807, 2.05) is 6.92 Å². The number of nitrogens with zero attached hydrogens (tertiary/aromatic N) is 2. The molecule has 0 bridgehead atoms. The topological polar surface area (TPSA) is 41.0 Å². The molecular formula is C14H16F3N3O. The molecule has 0 aliphatic carbocycles. The van der Waals surface area contributed by atoms with Crippen LogP contribution in [-0.2, 0) is 6.18 Å². The van der Waals surface area contributed by atoms with Crippen molar-refractivity contribution in [3.63, 3.8) is 0 Å². The second kappa shape index (κ2) is 4.91. The molecule has 0 spiro atoms. The van der Waals surface area contributed by atoms with Gasteiger partial charge in [0.05, 0.1) is 22.6 Å². The van der Waals surface area contributed by atoms with E-state index in [0.29, 0.717) is 12.1 Å². The molecule has 1 atom stereocenters. The number of halogens is 3. The SMILES string of the molecule is CCN1CCC(n2c(=O)[nH]c3c(C(F)(F)F)cccc32)C1. The minimum atomic E-state index is -4.47. The summed E-state index contributed by atoms with van der Waals surface area (Å²) in [6.07, 6.45) is -3.70. The standard InChI is InChI=1S/C14H16F3N3O/c1-2-19-7-6-9(8-19)20-11-5-3-4-10(14(15,16)17)12(11)18-13(20)21/h3-5,9H,2,6-8H2,1H3,(H,18,21). The minimum Gasteiger partial charge on any atom is -0.305 e. The van der Waals surface area contributed by atoms with Gasteiger partial charge in [-0.15, -0.1) is 0 Å². The van der Waals surface area contributed by atoms with E-state index in [1.165, 1.54) is 10.6 Å². The molecule has 4 nitrogen and oxygen atoms in total. The van der Waals surface area contributed by atoms with Crippen molar-refractivity contribution in [3.05, 3.63) is 34.2 Å². The van der Waals surface area contributed by atoms with Gasteiger partial charge >= 0.3 is 11.9 Å². The lowest BCUT2D eigenvalue weighted by Crippen LogP contribution is -2.26. The number of alkyl halides is 3. The van der Waals surface area contributed by atoms with Gasteiger partial charge in [0.25, 0.3) is 0 Å². The lowest BCUT2D eigenvalue weighted by Gasteiger charge is -2.14. The molecule has 2 heterocycles. The summed E-state index contributed by atoms with van der Waals surface area (Å²) in [6, 6.07) is 3.84. The molecule has 1 aromatic carbocycles. The molecule has 1 aromatic heterocycles. The van der Waals surface area contributed by atoms with Crippen LogP contribution < -0.4 is 5.69 Å². The first-order chi connectivity index (χ1) is 9.91. The Morgan fingerprint density at radius 2 is 2.14 bits per heavy atom. The zero-order chi connectivity index (χ0) is 15.2. The van der Waals surface area contributed by atoms with Gasteiger partial charge in [0, 0.05) is 13.1 Å². The number of nitrogens with one attached hydrogen (secondary N) is 1. The second-order valence-electron chi connectivity index (χ2n) is 5.33. The molecule has 0 radical (unpaired) electrons. The lowest BCUT2D eigenvalue weighted by atomic mass is 10.1. The van der Waals surface area contributed by atoms with E-state index in [4.69, 9.17) is 0 Å². The Labute approximate surface area is 119 Å². The van der Waals surface area contributed by atoms with Crippen molar-refractivity contribution in [3.8, 4) is 0 Å². The van der Waals surface area contributed by atoms with Crippen molar-refractivity contribution in [2.75, 3.05) is 19.6 Å². The molecule has 1 saturated heterocycles. The van der Waals surface area contributed by atoms with Crippen molar-refractivity contribution >= 4 is 11.0 Å². The number of hydrogen-bond donors (Lipinski definition) is 1. The summed E-state index contributed by atoms with van der Waals surface area (Å²) in [7, 11) is 0. The van der Waals surface area contributed by atoms with Gasteiger partial charge < -0.3 is 9.88 Å². The number of hydrogen-bond acceptors (Lipinski definition) is 2. The predicted octanol–water partition coefficient (Wildman–Crippen LogP) is 2.62. The number of H-pyrrole nitrogens is 1. The van der Waals surface area contributed by atoms with Crippen molar-refractivity contribution in [2.24, 2.45) is 0 Å². The Bertz CT molecular complexity index is 716. The van der Waals surface area contributed by atoms with Gasteiger partial charge in [-0.2, -0.15) is 13.2 Å². The molecular weight excluding hydrogens is 283 g/mol. The number of aromatic nitrogens is 2. The first-order valence-corrected chi connectivity index (χ1v) is 6.94. The van der Waals surface area contributed by atoms with Gasteiger partial charge in [0.2, 0.25) is 0 Å². The van der Waals surface area contributed by atoms with Crippen LogP contribution in [0.5, 0.6) is 0 Å². The Morgan fingerprint density at radius 3 is 2.76 bits per heavy atom. The molecule has 21 heavy (non-hydrogen) atoms. The van der Waals surface area contributed by atoms with Crippen LogP contribution in [0.1, 0.15) is 24.9 Å². The molecule has 0 saturated carbocycles. The highest BCUT2D eigenvalue weighted by molar-refractivity contribution is 5.79. The van der Waals surface area contributed by atoms with E-state index in [1.54, 1.807) is 6.07 Å². The second-order valence-corrected chi connectivity index (χ2v) is 5.33. The molecule has 1 aliphatic rings. The van der Waals surface area contributed by atoms with Gasteiger partial charge in [0.15, 0.2) is 0 Å². The monoisotopic (exact) mass is 299 g/mol. The van der Waals surface area contributed by atoms with Crippen molar-refractivity contribution < 1.29 is 13.2 Å². The van der Waals surface area contributed by atoms with Crippen LogP contribution >= 0.6 is 0 Å². The van der Waals surface area contributed by atoms with Crippen LogP contribution in [0.15, 0.2) is 23.0 Å². The number of imidazole rings is 1. The van der Waals surface area contributed by atoms with Gasteiger partial charge in [-0.05, 0) is 25.1 Å². The van der Waals surface area contributed by atoms with E-state index in [9.17, 15) is 18.0 Å². The first kappa shape index (κ1) is 14.2. The van der Waals surface area contributed by atoms with Crippen molar-refractivity contribution in [2.45, 2.75) is 25.6 Å². The molecule has 1 fully saturated rings. The molecule has 7 heteroatoms. The minimum absolute atomic E-state index is 0.0744. The maximum absolute atomic E-state index is 13.0. The van der Waals surface area contributed by atoms with Crippen LogP contribution in [0.3, 0.4) is 0 Å². The van der Waals surface area contributed by atoms with Gasteiger partial charge in [-0.1, -0.05) is 13.0 Å². The van der Waals surface area contributed by atoms with Crippen molar-refractivity contribution in [1.29, 1.82) is 0 Å². The lowest BCUT2D eigenvalue weighted by molar-refractivity contribution is -0.136. The van der Waals surface area contributed by atoms with Gasteiger partial charge in [-0.3, -0.25) is 4.57 Å². The third kappa shape index (κ3) is 2.35. The predicted molar refractivity (Wildman–Crippen MR) is 73.3 cm³/mol. The average molecular weight is 299 g/mol. The van der Waals surface area contributed by atoms with Crippen LogP contribution in [0, 0.1) is 0 Å². The van der Waals surface area contributed by atoms with Crippen LogP contribution in [0.4, 0.5) is 13.2 Å². The Kier molecular flexibility index (Phi) is 3.32. The van der Waals surface area contributed by atoms with Gasteiger partial charge in [-0.25, -0.2) is 4.79 Å².